The number of carboxylic acid groups (broad SMARTS) is 1. The van der Waals surface area contributed by atoms with Crippen molar-refractivity contribution in [2.75, 3.05) is 0 Å². The van der Waals surface area contributed by atoms with Crippen LogP contribution in [0.5, 0.6) is 0 Å². The van der Waals surface area contributed by atoms with Crippen molar-refractivity contribution in [1.82, 2.24) is 0 Å². The summed E-state index contributed by atoms with van der Waals surface area (Å²) < 4.78 is 0. The van der Waals surface area contributed by atoms with Crippen LogP contribution in [0, 0.1) is 4.91 Å². The molecule has 0 saturated heterocycles. The van der Waals surface area contributed by atoms with Crippen LogP contribution in [0.15, 0.2) is 5.18 Å². The van der Waals surface area contributed by atoms with Gasteiger partial charge in [0.2, 0.25) is 4.87 Å². The van der Waals surface area contributed by atoms with E-state index in [1.807, 2.05) is 0 Å². The molecule has 0 aromatic carbocycles. The van der Waals surface area contributed by atoms with Gasteiger partial charge in [0.1, 0.15) is 0 Å². The minimum absolute atomic E-state index is 1.10. The first-order valence-corrected chi connectivity index (χ1v) is 2.25. The monoisotopic (exact) mass is 135 g/mol. The second-order valence-electron chi connectivity index (χ2n) is 1.42. The summed E-state index contributed by atoms with van der Waals surface area (Å²) in [4.78, 5) is 17.7. The number of nitroso groups, excluding NO2 is 1. The molecule has 0 aliphatic heterocycles. The SMILES string of the molecule is CC(S)(N=O)C(=O)O. The zero-order valence-electron chi connectivity index (χ0n) is 4.16. The minimum Gasteiger partial charge on any atom is -0.479 e. The number of thiol groups is 1. The maximum Gasteiger partial charge on any atom is 0.345 e. The van der Waals surface area contributed by atoms with Gasteiger partial charge in [0.15, 0.2) is 0 Å². The lowest BCUT2D eigenvalue weighted by Crippen LogP contribution is -2.24. The number of rotatable bonds is 2. The van der Waals surface area contributed by atoms with E-state index in [-0.39, 0.29) is 0 Å². The molecule has 0 fully saturated rings. The Morgan fingerprint density at radius 2 is 2.25 bits per heavy atom. The van der Waals surface area contributed by atoms with Crippen LogP contribution in [0.2, 0.25) is 0 Å². The molecule has 5 heteroatoms. The van der Waals surface area contributed by atoms with Crippen LogP contribution >= 0.6 is 12.6 Å². The predicted molar refractivity (Wildman–Crippen MR) is 30.8 cm³/mol. The van der Waals surface area contributed by atoms with Crippen molar-refractivity contribution in [1.29, 1.82) is 0 Å². The highest BCUT2D eigenvalue weighted by Gasteiger charge is 2.29. The number of carbonyl (C=O) groups is 1. The third-order valence-electron chi connectivity index (χ3n) is 0.583. The minimum atomic E-state index is -1.78. The molecule has 0 spiro atoms. The van der Waals surface area contributed by atoms with Gasteiger partial charge >= 0.3 is 5.97 Å². The molecule has 0 bridgehead atoms. The molecule has 0 aliphatic rings. The van der Waals surface area contributed by atoms with E-state index in [4.69, 9.17) is 5.11 Å². The Labute approximate surface area is 51.3 Å². The van der Waals surface area contributed by atoms with Gasteiger partial charge in [0.05, 0.1) is 0 Å². The standard InChI is InChI=1S/C3H5NO3S/c1-3(8,4-7)2(5)6/h8H,1H3,(H,5,6). The Morgan fingerprint density at radius 3 is 2.25 bits per heavy atom. The Hall–Kier alpha value is -0.580. The summed E-state index contributed by atoms with van der Waals surface area (Å²) in [6.45, 7) is 1.10. The summed E-state index contributed by atoms with van der Waals surface area (Å²) in [7, 11) is 0. The number of aliphatic carboxylic acids is 1. The van der Waals surface area contributed by atoms with Gasteiger partial charge in [-0.05, 0) is 12.1 Å². The van der Waals surface area contributed by atoms with Crippen molar-refractivity contribution in [2.45, 2.75) is 11.8 Å². The highest BCUT2D eigenvalue weighted by molar-refractivity contribution is 7.82. The van der Waals surface area contributed by atoms with Gasteiger partial charge < -0.3 is 5.11 Å². The van der Waals surface area contributed by atoms with E-state index in [1.165, 1.54) is 0 Å². The maximum absolute atomic E-state index is 9.88. The van der Waals surface area contributed by atoms with Crippen molar-refractivity contribution in [2.24, 2.45) is 5.18 Å². The number of carboxylic acids is 1. The predicted octanol–water partition coefficient (Wildman–Crippen LogP) is 0.483. The van der Waals surface area contributed by atoms with Crippen LogP contribution in [0.3, 0.4) is 0 Å². The van der Waals surface area contributed by atoms with Crippen molar-refractivity contribution in [3.05, 3.63) is 4.91 Å². The first kappa shape index (κ1) is 7.42. The fraction of sp³-hybridized carbons (Fsp3) is 0.667. The zero-order valence-corrected chi connectivity index (χ0v) is 5.05. The number of hydrogen-bond acceptors (Lipinski definition) is 4. The normalized spacial score (nSPS) is 16.8. The van der Waals surface area contributed by atoms with Gasteiger partial charge in [-0.2, -0.15) is 0 Å². The quantitative estimate of drug-likeness (QED) is 0.427. The molecule has 4 nitrogen and oxygen atoms in total. The summed E-state index contributed by atoms with van der Waals surface area (Å²) >= 11 is 3.40. The molecule has 1 atom stereocenters. The summed E-state index contributed by atoms with van der Waals surface area (Å²) in [5.74, 6) is -1.34. The van der Waals surface area contributed by atoms with E-state index < -0.39 is 10.8 Å². The summed E-state index contributed by atoms with van der Waals surface area (Å²) in [5, 5.41) is 10.3. The van der Waals surface area contributed by atoms with Crippen LogP contribution in [-0.2, 0) is 4.79 Å². The van der Waals surface area contributed by atoms with Crippen molar-refractivity contribution >= 4 is 18.6 Å². The molecule has 0 saturated carbocycles. The van der Waals surface area contributed by atoms with Gasteiger partial charge in [-0.15, -0.1) is 17.5 Å². The fourth-order valence-electron chi connectivity index (χ4n) is 0.0390. The van der Waals surface area contributed by atoms with E-state index in [2.05, 4.69) is 17.8 Å². The molecule has 0 amide bonds. The van der Waals surface area contributed by atoms with Crippen LogP contribution in [0.4, 0.5) is 0 Å². The van der Waals surface area contributed by atoms with Gasteiger partial charge in [0.25, 0.3) is 0 Å². The Bertz CT molecular complexity index is 122. The van der Waals surface area contributed by atoms with Crippen molar-refractivity contribution < 1.29 is 9.90 Å². The lowest BCUT2D eigenvalue weighted by atomic mass is 10.4. The topological polar surface area (TPSA) is 66.7 Å². The van der Waals surface area contributed by atoms with Crippen molar-refractivity contribution in [3.8, 4) is 0 Å². The van der Waals surface area contributed by atoms with E-state index in [0.717, 1.165) is 6.92 Å². The first-order chi connectivity index (χ1) is 3.50. The maximum atomic E-state index is 9.88. The van der Waals surface area contributed by atoms with E-state index in [1.54, 1.807) is 0 Å². The zero-order chi connectivity index (χ0) is 6.78. The Morgan fingerprint density at radius 1 is 1.88 bits per heavy atom. The molecule has 0 aromatic rings. The molecular formula is C3H5NO3S. The highest BCUT2D eigenvalue weighted by Crippen LogP contribution is 2.13. The smallest absolute Gasteiger partial charge is 0.345 e. The second kappa shape index (κ2) is 2.13. The van der Waals surface area contributed by atoms with Crippen molar-refractivity contribution in [3.63, 3.8) is 0 Å². The third kappa shape index (κ3) is 1.49. The molecule has 0 aromatic heterocycles. The molecule has 1 N–H and O–H groups in total. The highest BCUT2D eigenvalue weighted by atomic mass is 32.1. The molecule has 46 valence electrons. The largest absolute Gasteiger partial charge is 0.479 e. The molecule has 0 aliphatic carbocycles. The van der Waals surface area contributed by atoms with Gasteiger partial charge in [-0.1, -0.05) is 0 Å². The van der Waals surface area contributed by atoms with Crippen LogP contribution in [0.25, 0.3) is 0 Å². The summed E-state index contributed by atoms with van der Waals surface area (Å²) in [5.41, 5.74) is 0. The van der Waals surface area contributed by atoms with Gasteiger partial charge in [0, 0.05) is 0 Å². The lowest BCUT2D eigenvalue weighted by Gasteiger charge is -2.04. The van der Waals surface area contributed by atoms with Crippen LogP contribution in [-0.4, -0.2) is 15.9 Å². The van der Waals surface area contributed by atoms with Gasteiger partial charge in [-0.3, -0.25) is 0 Å². The van der Waals surface area contributed by atoms with E-state index in [9.17, 15) is 9.70 Å². The summed E-state index contributed by atoms with van der Waals surface area (Å²) in [6, 6.07) is 0. The Balaban J connectivity index is 4.12. The molecule has 0 rings (SSSR count). The lowest BCUT2D eigenvalue weighted by molar-refractivity contribution is -0.139. The van der Waals surface area contributed by atoms with E-state index >= 15 is 0 Å². The molecular weight excluding hydrogens is 130 g/mol. The van der Waals surface area contributed by atoms with E-state index in [0.29, 0.717) is 0 Å². The average Bonchev–Trinajstić information content (AvgIpc) is 1.67. The average molecular weight is 135 g/mol. The van der Waals surface area contributed by atoms with Crippen LogP contribution < -0.4 is 0 Å². The molecule has 0 radical (unpaired) electrons. The first-order valence-electron chi connectivity index (χ1n) is 1.81. The third-order valence-corrected chi connectivity index (χ3v) is 0.856. The fourth-order valence-corrected chi connectivity index (χ4v) is 0.0390. The molecule has 0 heterocycles. The van der Waals surface area contributed by atoms with Crippen LogP contribution in [0.1, 0.15) is 6.92 Å². The molecule has 8 heavy (non-hydrogen) atoms. The summed E-state index contributed by atoms with van der Waals surface area (Å²) in [6.07, 6.45) is 0. The number of nitrogens with zero attached hydrogens (tertiary/aromatic N) is 1. The second-order valence-corrected chi connectivity index (χ2v) is 2.29. The van der Waals surface area contributed by atoms with Gasteiger partial charge in [-0.25, -0.2) is 4.79 Å². The molecule has 1 unspecified atom stereocenters. The Kier molecular flexibility index (Phi) is 1.97. The number of hydrogen-bond donors (Lipinski definition) is 2.